The number of hydrogen-bond acceptors (Lipinski definition) is 5. The van der Waals surface area contributed by atoms with Crippen LogP contribution in [0.15, 0.2) is 11.5 Å². The van der Waals surface area contributed by atoms with Crippen LogP contribution >= 0.6 is 0 Å². The van der Waals surface area contributed by atoms with Gasteiger partial charge in [-0.25, -0.2) is 4.79 Å². The van der Waals surface area contributed by atoms with Crippen molar-refractivity contribution in [2.75, 3.05) is 39.5 Å². The van der Waals surface area contributed by atoms with Crippen molar-refractivity contribution in [3.8, 4) is 0 Å². The Bertz CT molecular complexity index is 447. The molecule has 0 radical (unpaired) electrons. The van der Waals surface area contributed by atoms with E-state index < -0.39 is 0 Å². The molecule has 2 saturated heterocycles. The van der Waals surface area contributed by atoms with Gasteiger partial charge in [-0.05, 0) is 6.92 Å². The molecule has 7 nitrogen and oxygen atoms in total. The lowest BCUT2D eigenvalue weighted by Crippen LogP contribution is -2.54. The highest BCUT2D eigenvalue weighted by atomic mass is 16.6. The zero-order valence-electron chi connectivity index (χ0n) is 10.8. The summed E-state index contributed by atoms with van der Waals surface area (Å²) in [7, 11) is 0. The van der Waals surface area contributed by atoms with Gasteiger partial charge in [-0.15, -0.1) is 0 Å². The molecule has 3 aliphatic heterocycles. The summed E-state index contributed by atoms with van der Waals surface area (Å²) in [4.78, 5) is 27.1. The highest BCUT2D eigenvalue weighted by molar-refractivity contribution is 5.92. The van der Waals surface area contributed by atoms with E-state index in [0.717, 1.165) is 0 Å². The summed E-state index contributed by atoms with van der Waals surface area (Å²) in [5.41, 5.74) is 0. The number of piperazine rings is 1. The van der Waals surface area contributed by atoms with Crippen LogP contribution in [-0.2, 0) is 19.0 Å². The molecule has 19 heavy (non-hydrogen) atoms. The largest absolute Gasteiger partial charge is 0.491 e. The van der Waals surface area contributed by atoms with Gasteiger partial charge < -0.3 is 19.1 Å². The van der Waals surface area contributed by atoms with E-state index in [1.54, 1.807) is 16.7 Å². The lowest BCUT2D eigenvalue weighted by Gasteiger charge is -2.36. The molecule has 0 aromatic rings. The third-order valence-electron chi connectivity index (χ3n) is 3.57. The molecule has 3 rings (SSSR count). The minimum absolute atomic E-state index is 0.0457. The second-order valence-electron chi connectivity index (χ2n) is 4.76. The summed E-state index contributed by atoms with van der Waals surface area (Å²) in [6.45, 7) is 4.41. The number of hydrogen-bond donors (Lipinski definition) is 0. The fraction of sp³-hybridized carbons (Fsp3) is 0.667. The standard InChI is InChI=1S/C12H16N2O5/c1-8-10(18-5-4-17-8)11(15)13-2-3-14-9(6-13)7-19-12(14)16/h9H,2-7H2,1H3. The van der Waals surface area contributed by atoms with Gasteiger partial charge in [0, 0.05) is 19.6 Å². The van der Waals surface area contributed by atoms with Crippen LogP contribution in [0.2, 0.25) is 0 Å². The average Bonchev–Trinajstić information content (AvgIpc) is 2.80. The van der Waals surface area contributed by atoms with Gasteiger partial charge in [-0.1, -0.05) is 0 Å². The van der Waals surface area contributed by atoms with Crippen molar-refractivity contribution in [3.63, 3.8) is 0 Å². The molecule has 0 spiro atoms. The van der Waals surface area contributed by atoms with E-state index in [0.29, 0.717) is 45.2 Å². The van der Waals surface area contributed by atoms with Gasteiger partial charge in [0.2, 0.25) is 5.76 Å². The fourth-order valence-corrected chi connectivity index (χ4v) is 2.53. The Morgan fingerprint density at radius 2 is 2.00 bits per heavy atom. The summed E-state index contributed by atoms with van der Waals surface area (Å²) >= 11 is 0. The highest BCUT2D eigenvalue weighted by Gasteiger charge is 2.40. The molecule has 104 valence electrons. The molecule has 7 heteroatoms. The quantitative estimate of drug-likeness (QED) is 0.666. The van der Waals surface area contributed by atoms with E-state index in [1.165, 1.54) is 0 Å². The van der Waals surface area contributed by atoms with E-state index in [1.807, 2.05) is 0 Å². The van der Waals surface area contributed by atoms with Crippen molar-refractivity contribution in [2.45, 2.75) is 13.0 Å². The van der Waals surface area contributed by atoms with Crippen LogP contribution < -0.4 is 0 Å². The zero-order chi connectivity index (χ0) is 13.4. The third-order valence-corrected chi connectivity index (χ3v) is 3.57. The molecule has 0 saturated carbocycles. The number of nitrogens with zero attached hydrogens (tertiary/aromatic N) is 2. The van der Waals surface area contributed by atoms with Gasteiger partial charge in [-0.3, -0.25) is 9.69 Å². The van der Waals surface area contributed by atoms with Gasteiger partial charge in [-0.2, -0.15) is 0 Å². The smallest absolute Gasteiger partial charge is 0.410 e. The number of ether oxygens (including phenoxy) is 3. The van der Waals surface area contributed by atoms with Crippen LogP contribution in [0, 0.1) is 0 Å². The van der Waals surface area contributed by atoms with Gasteiger partial charge in [0.15, 0.2) is 0 Å². The van der Waals surface area contributed by atoms with Gasteiger partial charge in [0.05, 0.1) is 6.04 Å². The van der Waals surface area contributed by atoms with Gasteiger partial charge in [0.1, 0.15) is 25.6 Å². The van der Waals surface area contributed by atoms with Crippen LogP contribution in [0.25, 0.3) is 0 Å². The number of allylic oxidation sites excluding steroid dienone is 1. The number of fused-ring (bicyclic) bond motifs is 1. The van der Waals surface area contributed by atoms with Crippen LogP contribution in [0.4, 0.5) is 4.79 Å². The molecule has 2 fully saturated rings. The lowest BCUT2D eigenvalue weighted by atomic mass is 10.2. The zero-order valence-corrected chi connectivity index (χ0v) is 10.8. The summed E-state index contributed by atoms with van der Waals surface area (Å²) in [5.74, 6) is 0.638. The minimum Gasteiger partial charge on any atom is -0.491 e. The Hall–Kier alpha value is -1.92. The highest BCUT2D eigenvalue weighted by Crippen LogP contribution is 2.21. The maximum atomic E-state index is 12.4. The molecule has 3 aliphatic rings. The van der Waals surface area contributed by atoms with E-state index in [4.69, 9.17) is 14.2 Å². The Balaban J connectivity index is 1.70. The Labute approximate surface area is 110 Å². The number of amides is 2. The number of carbonyl (C=O) groups is 2. The first-order valence-corrected chi connectivity index (χ1v) is 6.36. The topological polar surface area (TPSA) is 68.3 Å². The number of carbonyl (C=O) groups excluding carboxylic acids is 2. The second kappa shape index (κ2) is 4.64. The molecular weight excluding hydrogens is 252 g/mol. The van der Waals surface area contributed by atoms with Crippen molar-refractivity contribution in [3.05, 3.63) is 11.5 Å². The van der Waals surface area contributed by atoms with Crippen molar-refractivity contribution in [2.24, 2.45) is 0 Å². The van der Waals surface area contributed by atoms with Crippen LogP contribution in [0.5, 0.6) is 0 Å². The van der Waals surface area contributed by atoms with Crippen LogP contribution in [0.3, 0.4) is 0 Å². The summed E-state index contributed by atoms with van der Waals surface area (Å²) < 4.78 is 15.7. The molecule has 0 bridgehead atoms. The number of cyclic esters (lactones) is 1. The van der Waals surface area contributed by atoms with E-state index in [9.17, 15) is 9.59 Å². The molecule has 0 aromatic carbocycles. The van der Waals surface area contributed by atoms with Crippen molar-refractivity contribution < 1.29 is 23.8 Å². The molecule has 2 amide bonds. The summed E-state index contributed by atoms with van der Waals surface area (Å²) in [6, 6.07) is -0.0457. The van der Waals surface area contributed by atoms with Crippen LogP contribution in [-0.4, -0.2) is 67.3 Å². The van der Waals surface area contributed by atoms with Crippen molar-refractivity contribution in [1.82, 2.24) is 9.80 Å². The molecule has 0 N–H and O–H groups in total. The summed E-state index contributed by atoms with van der Waals surface area (Å²) in [5, 5.41) is 0. The van der Waals surface area contributed by atoms with E-state index >= 15 is 0 Å². The maximum absolute atomic E-state index is 12.4. The average molecular weight is 268 g/mol. The maximum Gasteiger partial charge on any atom is 0.410 e. The molecule has 1 unspecified atom stereocenters. The Morgan fingerprint density at radius 3 is 2.79 bits per heavy atom. The molecular formula is C12H16N2O5. The third kappa shape index (κ3) is 2.09. The molecule has 0 aromatic heterocycles. The van der Waals surface area contributed by atoms with Gasteiger partial charge in [0.25, 0.3) is 5.91 Å². The monoisotopic (exact) mass is 268 g/mol. The van der Waals surface area contributed by atoms with E-state index in [2.05, 4.69) is 0 Å². The minimum atomic E-state index is -0.287. The normalized spacial score (nSPS) is 26.6. The fourth-order valence-electron chi connectivity index (χ4n) is 2.53. The van der Waals surface area contributed by atoms with Gasteiger partial charge >= 0.3 is 6.09 Å². The molecule has 3 heterocycles. The van der Waals surface area contributed by atoms with Crippen molar-refractivity contribution in [1.29, 1.82) is 0 Å². The lowest BCUT2D eigenvalue weighted by molar-refractivity contribution is -0.134. The molecule has 1 atom stereocenters. The number of rotatable bonds is 1. The predicted molar refractivity (Wildman–Crippen MR) is 63.0 cm³/mol. The Morgan fingerprint density at radius 1 is 1.21 bits per heavy atom. The first-order valence-electron chi connectivity index (χ1n) is 6.36. The van der Waals surface area contributed by atoms with Crippen molar-refractivity contribution >= 4 is 12.0 Å². The summed E-state index contributed by atoms with van der Waals surface area (Å²) in [6.07, 6.45) is -0.287. The predicted octanol–water partition coefficient (Wildman–Crippen LogP) is -0.0723. The molecule has 0 aliphatic carbocycles. The second-order valence-corrected chi connectivity index (χ2v) is 4.76. The first-order chi connectivity index (χ1) is 9.16. The van der Waals surface area contributed by atoms with E-state index in [-0.39, 0.29) is 23.8 Å². The van der Waals surface area contributed by atoms with Crippen LogP contribution in [0.1, 0.15) is 6.92 Å². The SMILES string of the molecule is CC1=C(C(=O)N2CCN3C(=O)OCC3C2)OCCO1. The first kappa shape index (κ1) is 12.1. The Kier molecular flexibility index (Phi) is 2.96.